The minimum absolute atomic E-state index is 0.235. The van der Waals surface area contributed by atoms with Crippen LogP contribution >= 0.6 is 11.6 Å². The number of hydrogen-bond acceptors (Lipinski definition) is 7. The molecule has 2 fully saturated rings. The predicted octanol–water partition coefficient (Wildman–Crippen LogP) is 5.25. The first kappa shape index (κ1) is 30.8. The standard InChI is InChI=1S/C36H45ClN2O6/c1-38-14-11-23-12-15-44-32(16-23)28-8-5-25(28)20-39-21-35(13-3-4-24-17-27(37)7-9-29(24)35)22-45-31-10-6-26(18-30(31)39)36(42,19-33(38)40)34(41)43-2/h6-7,9-10,17-18,23,25,28,32,42H,3-5,8,11-16,19-22H2,1-2H3/t23-,25-,28+,32-,35-,36+/m0/s1. The van der Waals surface area contributed by atoms with Crippen LogP contribution < -0.4 is 9.64 Å². The number of carbonyl (C=O) groups is 2. The third kappa shape index (κ3) is 5.61. The quantitative estimate of drug-likeness (QED) is 0.428. The Morgan fingerprint density at radius 2 is 2.00 bits per heavy atom. The van der Waals surface area contributed by atoms with Gasteiger partial charge in [0.25, 0.3) is 0 Å². The summed E-state index contributed by atoms with van der Waals surface area (Å²) in [6, 6.07) is 11.7. The SMILES string of the molecule is COC(=O)[C@@]1(O)CC(=O)N(C)CC[C@H]2CCO[C@@H](C2)[C@@H]2CC[C@H]2CN2C[C@@]3(CCCc4cc(Cl)ccc43)COc3ccc1cc32. The molecular formula is C36H45ClN2O6. The fraction of sp³-hybridized carbons (Fsp3) is 0.611. The minimum atomic E-state index is -2.13. The van der Waals surface area contributed by atoms with Gasteiger partial charge >= 0.3 is 5.97 Å². The fourth-order valence-corrected chi connectivity index (χ4v) is 8.94. The second-order valence-electron chi connectivity index (χ2n) is 14.2. The number of esters is 1. The minimum Gasteiger partial charge on any atom is -0.490 e. The number of rotatable bonds is 1. The van der Waals surface area contributed by atoms with Gasteiger partial charge in [-0.2, -0.15) is 0 Å². The van der Waals surface area contributed by atoms with E-state index in [9.17, 15) is 14.7 Å². The molecule has 45 heavy (non-hydrogen) atoms. The van der Waals surface area contributed by atoms with Gasteiger partial charge in [-0.15, -0.1) is 0 Å². The van der Waals surface area contributed by atoms with E-state index in [0.29, 0.717) is 36.5 Å². The van der Waals surface area contributed by atoms with Crippen molar-refractivity contribution in [2.75, 3.05) is 51.9 Å². The van der Waals surface area contributed by atoms with E-state index in [1.165, 1.54) is 18.2 Å². The number of aryl methyl sites for hydroxylation is 1. The molecule has 5 aliphatic rings. The number of benzene rings is 2. The Bertz CT molecular complexity index is 1470. The van der Waals surface area contributed by atoms with Crippen molar-refractivity contribution in [1.29, 1.82) is 0 Å². The number of ether oxygens (including phenoxy) is 3. The van der Waals surface area contributed by atoms with Crippen LogP contribution in [0, 0.1) is 17.8 Å². The third-order valence-electron chi connectivity index (χ3n) is 11.6. The first-order valence-electron chi connectivity index (χ1n) is 16.7. The van der Waals surface area contributed by atoms with E-state index in [1.54, 1.807) is 18.0 Å². The number of halogens is 1. The van der Waals surface area contributed by atoms with Crippen LogP contribution in [0.4, 0.5) is 5.69 Å². The molecule has 1 spiro atoms. The Hall–Kier alpha value is -2.81. The lowest BCUT2D eigenvalue weighted by Gasteiger charge is -2.48. The van der Waals surface area contributed by atoms with Crippen molar-refractivity contribution in [1.82, 2.24) is 4.90 Å². The van der Waals surface area contributed by atoms with Crippen molar-refractivity contribution in [3.63, 3.8) is 0 Å². The average Bonchev–Trinajstić information content (AvgIpc) is 3.18. The highest BCUT2D eigenvalue weighted by atomic mass is 35.5. The van der Waals surface area contributed by atoms with Gasteiger partial charge in [-0.3, -0.25) is 4.79 Å². The number of methoxy groups -OCH3 is 1. The number of amides is 1. The number of fused-ring (bicyclic) bond motifs is 7. The van der Waals surface area contributed by atoms with Gasteiger partial charge in [-0.25, -0.2) is 4.79 Å². The molecule has 2 aromatic rings. The molecule has 1 N–H and O–H groups in total. The van der Waals surface area contributed by atoms with Gasteiger partial charge in [0.2, 0.25) is 5.91 Å². The Labute approximate surface area is 270 Å². The molecule has 1 saturated heterocycles. The molecule has 9 heteroatoms. The van der Waals surface area contributed by atoms with Gasteiger partial charge in [-0.05, 0) is 110 Å². The van der Waals surface area contributed by atoms with E-state index < -0.39 is 18.0 Å². The molecule has 0 radical (unpaired) electrons. The summed E-state index contributed by atoms with van der Waals surface area (Å²) >= 11 is 6.45. The summed E-state index contributed by atoms with van der Waals surface area (Å²) in [6.07, 6.45) is 8.06. The maximum Gasteiger partial charge on any atom is 0.343 e. The fourth-order valence-electron chi connectivity index (χ4n) is 8.74. The Morgan fingerprint density at radius 3 is 2.80 bits per heavy atom. The molecule has 7 rings (SSSR count). The zero-order valence-electron chi connectivity index (χ0n) is 26.4. The summed E-state index contributed by atoms with van der Waals surface area (Å²) in [5.41, 5.74) is 1.40. The normalized spacial score (nSPS) is 33.3. The van der Waals surface area contributed by atoms with Gasteiger partial charge in [0, 0.05) is 43.7 Å². The molecule has 1 saturated carbocycles. The Morgan fingerprint density at radius 1 is 1.13 bits per heavy atom. The van der Waals surface area contributed by atoms with Crippen LogP contribution in [0.2, 0.25) is 5.02 Å². The molecule has 6 atom stereocenters. The highest BCUT2D eigenvalue weighted by molar-refractivity contribution is 6.30. The highest BCUT2D eigenvalue weighted by Crippen LogP contribution is 2.48. The van der Waals surface area contributed by atoms with E-state index in [0.717, 1.165) is 87.5 Å². The molecule has 8 nitrogen and oxygen atoms in total. The molecule has 0 unspecified atom stereocenters. The smallest absolute Gasteiger partial charge is 0.343 e. The second-order valence-corrected chi connectivity index (χ2v) is 14.7. The van der Waals surface area contributed by atoms with Gasteiger partial charge in [0.05, 0.1) is 31.9 Å². The van der Waals surface area contributed by atoms with Crippen LogP contribution in [-0.4, -0.2) is 75.0 Å². The number of carbonyl (C=O) groups excluding carboxylic acids is 2. The maximum atomic E-state index is 13.5. The summed E-state index contributed by atoms with van der Waals surface area (Å²) < 4.78 is 18.2. The molecule has 1 amide bonds. The van der Waals surface area contributed by atoms with Crippen LogP contribution in [0.25, 0.3) is 0 Å². The summed E-state index contributed by atoms with van der Waals surface area (Å²) in [6.45, 7) is 3.43. The van der Waals surface area contributed by atoms with Gasteiger partial charge in [0.1, 0.15) is 5.75 Å². The van der Waals surface area contributed by atoms with Crippen LogP contribution in [-0.2, 0) is 36.5 Å². The molecule has 0 aromatic heterocycles. The number of hydrogen-bond donors (Lipinski definition) is 1. The number of aliphatic hydroxyl groups is 1. The Balaban J connectivity index is 1.33. The summed E-state index contributed by atoms with van der Waals surface area (Å²) in [5, 5.41) is 12.7. The molecule has 242 valence electrons. The lowest BCUT2D eigenvalue weighted by atomic mass is 9.67. The van der Waals surface area contributed by atoms with Gasteiger partial charge < -0.3 is 29.1 Å². The van der Waals surface area contributed by atoms with E-state index >= 15 is 0 Å². The lowest BCUT2D eigenvalue weighted by Crippen LogP contribution is -2.50. The highest BCUT2D eigenvalue weighted by Gasteiger charge is 2.47. The summed E-state index contributed by atoms with van der Waals surface area (Å²) in [4.78, 5) is 30.8. The van der Waals surface area contributed by atoms with Crippen LogP contribution in [0.15, 0.2) is 36.4 Å². The average molecular weight is 637 g/mol. The number of anilines is 1. The van der Waals surface area contributed by atoms with E-state index in [4.69, 9.17) is 25.8 Å². The topological polar surface area (TPSA) is 88.5 Å². The van der Waals surface area contributed by atoms with Crippen molar-refractivity contribution in [3.8, 4) is 5.75 Å². The van der Waals surface area contributed by atoms with E-state index in [2.05, 4.69) is 17.0 Å². The van der Waals surface area contributed by atoms with Crippen LogP contribution in [0.5, 0.6) is 5.75 Å². The molecule has 4 bridgehead atoms. The first-order chi connectivity index (χ1) is 21.7. The van der Waals surface area contributed by atoms with Gasteiger partial charge in [-0.1, -0.05) is 23.7 Å². The van der Waals surface area contributed by atoms with Crippen molar-refractivity contribution in [3.05, 3.63) is 58.1 Å². The summed E-state index contributed by atoms with van der Waals surface area (Å²) in [5.74, 6) is 1.01. The number of nitrogens with zero attached hydrogens (tertiary/aromatic N) is 2. The predicted molar refractivity (Wildman–Crippen MR) is 172 cm³/mol. The maximum absolute atomic E-state index is 13.5. The van der Waals surface area contributed by atoms with Crippen molar-refractivity contribution >= 4 is 29.2 Å². The second kappa shape index (κ2) is 12.1. The van der Waals surface area contributed by atoms with E-state index in [-0.39, 0.29) is 17.4 Å². The Kier molecular flexibility index (Phi) is 8.28. The zero-order valence-corrected chi connectivity index (χ0v) is 27.2. The van der Waals surface area contributed by atoms with Crippen LogP contribution in [0.1, 0.15) is 68.1 Å². The largest absolute Gasteiger partial charge is 0.490 e. The molecular weight excluding hydrogens is 592 g/mol. The monoisotopic (exact) mass is 636 g/mol. The van der Waals surface area contributed by atoms with Crippen molar-refractivity contribution in [2.24, 2.45) is 17.8 Å². The zero-order chi connectivity index (χ0) is 31.3. The van der Waals surface area contributed by atoms with Crippen molar-refractivity contribution < 1.29 is 28.9 Å². The van der Waals surface area contributed by atoms with Crippen LogP contribution in [0.3, 0.4) is 0 Å². The van der Waals surface area contributed by atoms with E-state index in [1.807, 2.05) is 18.2 Å². The molecule has 3 aliphatic heterocycles. The molecule has 2 aromatic carbocycles. The lowest BCUT2D eigenvalue weighted by molar-refractivity contribution is -0.168. The summed E-state index contributed by atoms with van der Waals surface area (Å²) in [7, 11) is 3.00. The molecule has 2 aliphatic carbocycles. The van der Waals surface area contributed by atoms with Gasteiger partial charge in [0.15, 0.2) is 5.60 Å². The third-order valence-corrected chi connectivity index (χ3v) is 11.8. The first-order valence-corrected chi connectivity index (χ1v) is 17.0. The van der Waals surface area contributed by atoms with Crippen molar-refractivity contribution in [2.45, 2.75) is 74.9 Å². The molecule has 3 heterocycles.